The van der Waals surface area contributed by atoms with Gasteiger partial charge in [0.2, 0.25) is 5.91 Å². The van der Waals surface area contributed by atoms with Gasteiger partial charge in [0.05, 0.1) is 18.3 Å². The molecular weight excluding hydrogens is 404 g/mol. The third-order valence-electron chi connectivity index (χ3n) is 5.50. The van der Waals surface area contributed by atoms with Gasteiger partial charge in [0, 0.05) is 30.4 Å². The lowest BCUT2D eigenvalue weighted by molar-refractivity contribution is -0.125. The Balaban J connectivity index is 1.59. The molecule has 7 nitrogen and oxygen atoms in total. The van der Waals surface area contributed by atoms with Gasteiger partial charge in [-0.15, -0.1) is 0 Å². The lowest BCUT2D eigenvalue weighted by Crippen LogP contribution is -2.41. The Hall–Kier alpha value is -3.09. The molecule has 3 rings (SSSR count). The predicted octanol–water partition coefficient (Wildman–Crippen LogP) is 4.00. The molecule has 1 unspecified atom stereocenters. The van der Waals surface area contributed by atoms with Crippen molar-refractivity contribution in [3.8, 4) is 0 Å². The van der Waals surface area contributed by atoms with Gasteiger partial charge in [-0.05, 0) is 59.6 Å². The van der Waals surface area contributed by atoms with Gasteiger partial charge in [-0.1, -0.05) is 29.8 Å². The van der Waals surface area contributed by atoms with Crippen molar-refractivity contribution in [3.63, 3.8) is 0 Å². The summed E-state index contributed by atoms with van der Waals surface area (Å²) < 4.78 is 7.27. The molecular formula is C25H34N4O3. The number of nitrogens with one attached hydrogen (secondary N) is 1. The van der Waals surface area contributed by atoms with Crippen molar-refractivity contribution in [2.45, 2.75) is 66.2 Å². The maximum absolute atomic E-state index is 12.7. The summed E-state index contributed by atoms with van der Waals surface area (Å²) in [7, 11) is 0. The molecule has 1 saturated heterocycles. The molecule has 0 spiro atoms. The second-order valence-corrected chi connectivity index (χ2v) is 9.48. The molecule has 1 aromatic heterocycles. The molecule has 1 aliphatic rings. The van der Waals surface area contributed by atoms with Crippen LogP contribution < -0.4 is 5.32 Å². The zero-order valence-electron chi connectivity index (χ0n) is 19.9. The fraction of sp³-hybridized carbons (Fsp3) is 0.480. The van der Waals surface area contributed by atoms with Crippen molar-refractivity contribution in [1.29, 1.82) is 0 Å². The normalized spacial score (nSPS) is 16.6. The molecule has 1 aromatic carbocycles. The highest BCUT2D eigenvalue weighted by atomic mass is 16.6. The number of aromatic nitrogens is 2. The number of benzene rings is 1. The van der Waals surface area contributed by atoms with Crippen LogP contribution in [0.15, 0.2) is 30.3 Å². The molecule has 2 amide bonds. The zero-order valence-corrected chi connectivity index (χ0v) is 19.9. The average Bonchev–Trinajstić information content (AvgIpc) is 3.25. The van der Waals surface area contributed by atoms with E-state index in [1.54, 1.807) is 11.0 Å². The monoisotopic (exact) mass is 438 g/mol. The van der Waals surface area contributed by atoms with E-state index in [0.29, 0.717) is 26.1 Å². The summed E-state index contributed by atoms with van der Waals surface area (Å²) in [6.45, 7) is 13.3. The summed E-state index contributed by atoms with van der Waals surface area (Å²) in [5.74, 6) is -0.0661. The first-order valence-electron chi connectivity index (χ1n) is 11.1. The predicted molar refractivity (Wildman–Crippen MR) is 125 cm³/mol. The number of nitrogens with zero attached hydrogens (tertiary/aromatic N) is 3. The Labute approximate surface area is 190 Å². The van der Waals surface area contributed by atoms with Crippen LogP contribution in [0.3, 0.4) is 0 Å². The van der Waals surface area contributed by atoms with Gasteiger partial charge in [-0.3, -0.25) is 9.48 Å². The Kier molecular flexibility index (Phi) is 7.06. The van der Waals surface area contributed by atoms with E-state index in [-0.39, 0.29) is 11.9 Å². The number of hydrogen-bond donors (Lipinski definition) is 1. The Morgan fingerprint density at radius 1 is 1.19 bits per heavy atom. The van der Waals surface area contributed by atoms with Gasteiger partial charge in [-0.2, -0.15) is 5.10 Å². The van der Waals surface area contributed by atoms with Crippen molar-refractivity contribution in [1.82, 2.24) is 20.0 Å². The molecule has 1 aliphatic heterocycles. The van der Waals surface area contributed by atoms with E-state index < -0.39 is 11.7 Å². The fourth-order valence-electron chi connectivity index (χ4n) is 3.78. The first-order valence-corrected chi connectivity index (χ1v) is 11.1. The number of rotatable bonds is 5. The number of carbonyl (C=O) groups is 2. The van der Waals surface area contributed by atoms with E-state index in [2.05, 4.69) is 41.6 Å². The molecule has 32 heavy (non-hydrogen) atoms. The minimum Gasteiger partial charge on any atom is -0.444 e. The van der Waals surface area contributed by atoms with Crippen LogP contribution in [-0.2, 0) is 16.1 Å². The van der Waals surface area contributed by atoms with Gasteiger partial charge >= 0.3 is 6.09 Å². The number of hydrogen-bond acceptors (Lipinski definition) is 4. The van der Waals surface area contributed by atoms with Crippen LogP contribution in [0.4, 0.5) is 4.79 Å². The van der Waals surface area contributed by atoms with Crippen LogP contribution in [0, 0.1) is 20.8 Å². The summed E-state index contributed by atoms with van der Waals surface area (Å²) in [4.78, 5) is 26.4. The summed E-state index contributed by atoms with van der Waals surface area (Å²) in [5.41, 5.74) is 4.76. The number of ether oxygens (including phenoxy) is 1. The standard InChI is InChI=1S/C25H34N4O3/c1-17-7-9-20(10-8-17)15-29-19(3)22(18(2)27-29)11-12-23(30)28-14-13-21(16-28)26-24(31)32-25(4,5)6/h7-12,21H,13-16H2,1-6H3,(H,26,31)/b12-11+. The van der Waals surface area contributed by atoms with Crippen LogP contribution in [0.1, 0.15) is 55.3 Å². The molecule has 2 heterocycles. The van der Waals surface area contributed by atoms with E-state index >= 15 is 0 Å². The average molecular weight is 439 g/mol. The van der Waals surface area contributed by atoms with Gasteiger partial charge < -0.3 is 15.0 Å². The molecule has 0 radical (unpaired) electrons. The van der Waals surface area contributed by atoms with Crippen LogP contribution in [0.25, 0.3) is 6.08 Å². The summed E-state index contributed by atoms with van der Waals surface area (Å²) >= 11 is 0. The van der Waals surface area contributed by atoms with Gasteiger partial charge in [0.15, 0.2) is 0 Å². The first-order chi connectivity index (χ1) is 15.0. The van der Waals surface area contributed by atoms with Gasteiger partial charge in [0.25, 0.3) is 0 Å². The Bertz CT molecular complexity index is 999. The van der Waals surface area contributed by atoms with E-state index in [1.165, 1.54) is 11.1 Å². The number of amides is 2. The van der Waals surface area contributed by atoms with Crippen molar-refractivity contribution in [2.24, 2.45) is 0 Å². The second-order valence-electron chi connectivity index (χ2n) is 9.48. The van der Waals surface area contributed by atoms with Crippen LogP contribution in [-0.4, -0.2) is 51.4 Å². The summed E-state index contributed by atoms with van der Waals surface area (Å²) in [6.07, 6.45) is 3.72. The van der Waals surface area contributed by atoms with Gasteiger partial charge in [-0.25, -0.2) is 4.79 Å². The largest absolute Gasteiger partial charge is 0.444 e. The maximum atomic E-state index is 12.7. The fourth-order valence-corrected chi connectivity index (χ4v) is 3.78. The Morgan fingerprint density at radius 2 is 1.88 bits per heavy atom. The zero-order chi connectivity index (χ0) is 23.5. The SMILES string of the molecule is Cc1ccc(Cn2nc(C)c(/C=C/C(=O)N3CCC(NC(=O)OC(C)(C)C)C3)c2C)cc1. The van der Waals surface area contributed by atoms with Crippen molar-refractivity contribution in [2.75, 3.05) is 13.1 Å². The quantitative estimate of drug-likeness (QED) is 0.716. The highest BCUT2D eigenvalue weighted by Gasteiger charge is 2.28. The highest BCUT2D eigenvalue weighted by Crippen LogP contribution is 2.18. The van der Waals surface area contributed by atoms with Crippen LogP contribution >= 0.6 is 0 Å². The second kappa shape index (κ2) is 9.59. The van der Waals surface area contributed by atoms with Gasteiger partial charge in [0.1, 0.15) is 5.60 Å². The van der Waals surface area contributed by atoms with Crippen molar-refractivity contribution in [3.05, 3.63) is 58.4 Å². The Morgan fingerprint density at radius 3 is 2.53 bits per heavy atom. The number of carbonyl (C=O) groups excluding carboxylic acids is 2. The van der Waals surface area contributed by atoms with E-state index in [9.17, 15) is 9.59 Å². The van der Waals surface area contributed by atoms with Crippen LogP contribution in [0.2, 0.25) is 0 Å². The molecule has 0 aliphatic carbocycles. The molecule has 0 bridgehead atoms. The molecule has 7 heteroatoms. The number of alkyl carbamates (subject to hydrolysis) is 1. The van der Waals surface area contributed by atoms with E-state index in [4.69, 9.17) is 4.74 Å². The smallest absolute Gasteiger partial charge is 0.407 e. The minimum absolute atomic E-state index is 0.0661. The molecule has 2 aromatic rings. The summed E-state index contributed by atoms with van der Waals surface area (Å²) in [6, 6.07) is 8.32. The topological polar surface area (TPSA) is 76.5 Å². The van der Waals surface area contributed by atoms with E-state index in [1.807, 2.05) is 45.4 Å². The molecule has 172 valence electrons. The molecule has 1 N–H and O–H groups in total. The highest BCUT2D eigenvalue weighted by molar-refractivity contribution is 5.92. The van der Waals surface area contributed by atoms with E-state index in [0.717, 1.165) is 17.0 Å². The third kappa shape index (κ3) is 6.22. The number of aryl methyl sites for hydroxylation is 2. The minimum atomic E-state index is -0.541. The lowest BCUT2D eigenvalue weighted by Gasteiger charge is -2.21. The van der Waals surface area contributed by atoms with Crippen molar-refractivity contribution < 1.29 is 14.3 Å². The lowest BCUT2D eigenvalue weighted by atomic mass is 10.1. The summed E-state index contributed by atoms with van der Waals surface area (Å²) in [5, 5.41) is 7.51. The molecule has 0 saturated carbocycles. The van der Waals surface area contributed by atoms with Crippen LogP contribution in [0.5, 0.6) is 0 Å². The third-order valence-corrected chi connectivity index (χ3v) is 5.50. The van der Waals surface area contributed by atoms with Crippen molar-refractivity contribution >= 4 is 18.1 Å². The molecule has 1 atom stereocenters. The first kappa shape index (κ1) is 23.6. The molecule has 1 fully saturated rings. The maximum Gasteiger partial charge on any atom is 0.407 e. The number of likely N-dealkylation sites (tertiary alicyclic amines) is 1.